The van der Waals surface area contributed by atoms with E-state index in [0.717, 1.165) is 0 Å². The third-order valence-electron chi connectivity index (χ3n) is 4.47. The maximum Gasteiger partial charge on any atom is 0.325 e. The Kier molecular flexibility index (Phi) is 8.38. The Balaban J connectivity index is 2.16. The SMILES string of the molecule is CN[C@H](C(=O)OC)[C@@H](OCOCCOC)[C@H]1O[C@@H](OC)[C@@H]2OC(C)(C)O[C@H]12. The summed E-state index contributed by atoms with van der Waals surface area (Å²) in [6.07, 6.45) is -2.95. The van der Waals surface area contributed by atoms with E-state index < -0.39 is 48.5 Å². The van der Waals surface area contributed by atoms with E-state index in [1.54, 1.807) is 14.2 Å². The Morgan fingerprint density at radius 3 is 2.44 bits per heavy atom. The Labute approximate surface area is 159 Å². The fraction of sp³-hybridized carbons (Fsp3) is 0.941. The van der Waals surface area contributed by atoms with Crippen LogP contribution in [0.4, 0.5) is 0 Å². The van der Waals surface area contributed by atoms with Crippen LogP contribution in [0.3, 0.4) is 0 Å². The highest BCUT2D eigenvalue weighted by Gasteiger charge is 2.59. The lowest BCUT2D eigenvalue weighted by Crippen LogP contribution is -2.55. The quantitative estimate of drug-likeness (QED) is 0.284. The zero-order chi connectivity index (χ0) is 20.0. The van der Waals surface area contributed by atoms with Crippen molar-refractivity contribution in [2.45, 2.75) is 56.4 Å². The standard InChI is InChI=1S/C17H31NO9/c1-17(2)26-13-12(25-16(22-6)14(13)27-17)11(10(18-3)15(19)21-5)24-9-23-8-7-20-4/h10-14,16,18H,7-9H2,1-6H3/t10-,11+,12+,13+,14+,16+/m0/s1. The molecule has 2 aliphatic rings. The highest BCUT2D eigenvalue weighted by Crippen LogP contribution is 2.41. The molecule has 0 bridgehead atoms. The third-order valence-corrected chi connectivity index (χ3v) is 4.47. The average Bonchev–Trinajstić information content (AvgIpc) is 3.13. The molecule has 10 nitrogen and oxygen atoms in total. The first-order valence-electron chi connectivity index (χ1n) is 8.85. The molecule has 0 unspecified atom stereocenters. The number of likely N-dealkylation sites (N-methyl/N-ethyl adjacent to an activating group) is 1. The lowest BCUT2D eigenvalue weighted by Gasteiger charge is -2.32. The number of esters is 1. The summed E-state index contributed by atoms with van der Waals surface area (Å²) in [5.74, 6) is -1.28. The van der Waals surface area contributed by atoms with Gasteiger partial charge in [-0.25, -0.2) is 0 Å². The van der Waals surface area contributed by atoms with E-state index in [9.17, 15) is 4.79 Å². The zero-order valence-corrected chi connectivity index (χ0v) is 16.8. The van der Waals surface area contributed by atoms with Gasteiger partial charge in [0.05, 0.1) is 20.3 Å². The molecular formula is C17H31NO9. The lowest BCUT2D eigenvalue weighted by atomic mass is 9.99. The van der Waals surface area contributed by atoms with Crippen molar-refractivity contribution in [1.29, 1.82) is 0 Å². The number of hydrogen-bond acceptors (Lipinski definition) is 10. The number of ether oxygens (including phenoxy) is 8. The highest BCUT2D eigenvalue weighted by atomic mass is 16.8. The summed E-state index contributed by atoms with van der Waals surface area (Å²) in [4.78, 5) is 12.3. The molecule has 1 N–H and O–H groups in total. The largest absolute Gasteiger partial charge is 0.468 e. The molecule has 0 aliphatic carbocycles. The second kappa shape index (κ2) is 10.1. The minimum atomic E-state index is -0.798. The normalized spacial score (nSPS) is 31.5. The van der Waals surface area contributed by atoms with Gasteiger partial charge in [0.15, 0.2) is 12.1 Å². The molecule has 2 rings (SSSR count). The van der Waals surface area contributed by atoms with Crippen LogP contribution in [-0.2, 0) is 42.7 Å². The Morgan fingerprint density at radius 2 is 1.85 bits per heavy atom. The molecule has 2 heterocycles. The second-order valence-electron chi connectivity index (χ2n) is 6.71. The summed E-state index contributed by atoms with van der Waals surface area (Å²) < 4.78 is 44.3. The molecule has 0 saturated carbocycles. The van der Waals surface area contributed by atoms with Gasteiger partial charge in [-0.1, -0.05) is 0 Å². The Hall–Kier alpha value is -0.850. The van der Waals surface area contributed by atoms with Crippen LogP contribution in [0.25, 0.3) is 0 Å². The van der Waals surface area contributed by atoms with Crippen molar-refractivity contribution in [2.75, 3.05) is 48.4 Å². The summed E-state index contributed by atoms with van der Waals surface area (Å²) in [7, 11) is 6.06. The molecule has 0 aromatic carbocycles. The van der Waals surface area contributed by atoms with Crippen LogP contribution >= 0.6 is 0 Å². The zero-order valence-electron chi connectivity index (χ0n) is 16.8. The van der Waals surface area contributed by atoms with Crippen LogP contribution in [0.2, 0.25) is 0 Å². The molecule has 0 spiro atoms. The van der Waals surface area contributed by atoms with Crippen molar-refractivity contribution < 1.29 is 42.7 Å². The van der Waals surface area contributed by atoms with E-state index in [-0.39, 0.29) is 6.79 Å². The number of methoxy groups -OCH3 is 3. The van der Waals surface area contributed by atoms with E-state index in [0.29, 0.717) is 13.2 Å². The smallest absolute Gasteiger partial charge is 0.325 e. The maximum atomic E-state index is 12.3. The van der Waals surface area contributed by atoms with Crippen molar-refractivity contribution in [2.24, 2.45) is 0 Å². The second-order valence-corrected chi connectivity index (χ2v) is 6.71. The predicted molar refractivity (Wildman–Crippen MR) is 91.9 cm³/mol. The van der Waals surface area contributed by atoms with Crippen LogP contribution < -0.4 is 5.32 Å². The maximum absolute atomic E-state index is 12.3. The summed E-state index contributed by atoms with van der Waals surface area (Å²) in [5.41, 5.74) is 0. The summed E-state index contributed by atoms with van der Waals surface area (Å²) in [5, 5.41) is 2.92. The van der Waals surface area contributed by atoms with Crippen LogP contribution in [0.5, 0.6) is 0 Å². The van der Waals surface area contributed by atoms with Gasteiger partial charge in [0.2, 0.25) is 0 Å². The molecule has 0 aromatic heterocycles. The van der Waals surface area contributed by atoms with Crippen LogP contribution in [0, 0.1) is 0 Å². The van der Waals surface area contributed by atoms with Gasteiger partial charge in [0, 0.05) is 14.2 Å². The molecule has 0 amide bonds. The Bertz CT molecular complexity index is 475. The minimum absolute atomic E-state index is 0.0532. The average molecular weight is 393 g/mol. The molecule has 6 atom stereocenters. The predicted octanol–water partition coefficient (Wildman–Crippen LogP) is -0.355. The Morgan fingerprint density at radius 1 is 1.15 bits per heavy atom. The number of fused-ring (bicyclic) bond motifs is 1. The van der Waals surface area contributed by atoms with E-state index in [1.165, 1.54) is 14.2 Å². The van der Waals surface area contributed by atoms with Crippen molar-refractivity contribution in [1.82, 2.24) is 5.32 Å². The monoisotopic (exact) mass is 393 g/mol. The van der Waals surface area contributed by atoms with Gasteiger partial charge in [0.1, 0.15) is 37.3 Å². The summed E-state index contributed by atoms with van der Waals surface area (Å²) >= 11 is 0. The topological polar surface area (TPSA) is 103 Å². The van der Waals surface area contributed by atoms with Gasteiger partial charge >= 0.3 is 5.97 Å². The molecule has 27 heavy (non-hydrogen) atoms. The van der Waals surface area contributed by atoms with Crippen LogP contribution in [0.15, 0.2) is 0 Å². The molecule has 10 heteroatoms. The molecule has 2 aliphatic heterocycles. The van der Waals surface area contributed by atoms with Crippen molar-refractivity contribution >= 4 is 5.97 Å². The molecule has 0 radical (unpaired) electrons. The third kappa shape index (κ3) is 5.36. The van der Waals surface area contributed by atoms with E-state index in [4.69, 9.17) is 37.9 Å². The summed E-state index contributed by atoms with van der Waals surface area (Å²) in [6.45, 7) is 4.37. The lowest BCUT2D eigenvalue weighted by molar-refractivity contribution is -0.247. The van der Waals surface area contributed by atoms with Gasteiger partial charge < -0.3 is 43.2 Å². The van der Waals surface area contributed by atoms with Crippen LogP contribution in [-0.4, -0.2) is 96.9 Å². The van der Waals surface area contributed by atoms with Gasteiger partial charge in [-0.15, -0.1) is 0 Å². The fourth-order valence-corrected chi connectivity index (χ4v) is 3.30. The molecule has 2 saturated heterocycles. The van der Waals surface area contributed by atoms with Gasteiger partial charge in [-0.3, -0.25) is 4.79 Å². The van der Waals surface area contributed by atoms with E-state index in [1.807, 2.05) is 13.8 Å². The minimum Gasteiger partial charge on any atom is -0.468 e. The van der Waals surface area contributed by atoms with Crippen molar-refractivity contribution in [3.8, 4) is 0 Å². The van der Waals surface area contributed by atoms with Crippen molar-refractivity contribution in [3.63, 3.8) is 0 Å². The molecule has 158 valence electrons. The van der Waals surface area contributed by atoms with Gasteiger partial charge in [-0.2, -0.15) is 0 Å². The van der Waals surface area contributed by atoms with E-state index >= 15 is 0 Å². The number of nitrogens with one attached hydrogen (secondary N) is 1. The first kappa shape index (κ1) is 22.4. The first-order chi connectivity index (χ1) is 12.9. The number of carbonyl (C=O) groups is 1. The van der Waals surface area contributed by atoms with Crippen molar-refractivity contribution in [3.05, 3.63) is 0 Å². The molecule has 2 fully saturated rings. The van der Waals surface area contributed by atoms with Crippen LogP contribution in [0.1, 0.15) is 13.8 Å². The van der Waals surface area contributed by atoms with Gasteiger partial charge in [0.25, 0.3) is 0 Å². The number of hydrogen-bond donors (Lipinski definition) is 1. The summed E-state index contributed by atoms with van der Waals surface area (Å²) in [6, 6.07) is -0.797. The first-order valence-corrected chi connectivity index (χ1v) is 8.85. The van der Waals surface area contributed by atoms with Gasteiger partial charge in [-0.05, 0) is 20.9 Å². The van der Waals surface area contributed by atoms with E-state index in [2.05, 4.69) is 5.32 Å². The number of rotatable bonds is 11. The fourth-order valence-electron chi connectivity index (χ4n) is 3.30. The molecule has 0 aromatic rings. The molecular weight excluding hydrogens is 362 g/mol. The highest BCUT2D eigenvalue weighted by molar-refractivity contribution is 5.76. The number of carbonyl (C=O) groups excluding carboxylic acids is 1.